The van der Waals surface area contributed by atoms with E-state index in [1.165, 1.54) is 12.8 Å². The quantitative estimate of drug-likeness (QED) is 0.801. The van der Waals surface area contributed by atoms with Crippen LogP contribution in [0, 0.1) is 17.8 Å². The van der Waals surface area contributed by atoms with Crippen molar-refractivity contribution in [3.63, 3.8) is 0 Å². The first-order valence-electron chi connectivity index (χ1n) is 6.87. The van der Waals surface area contributed by atoms with Gasteiger partial charge in [0, 0.05) is 18.9 Å². The van der Waals surface area contributed by atoms with Gasteiger partial charge >= 0.3 is 0 Å². The zero-order valence-electron chi connectivity index (χ0n) is 10.9. The van der Waals surface area contributed by atoms with Crippen LogP contribution in [0.5, 0.6) is 0 Å². The van der Waals surface area contributed by atoms with Crippen molar-refractivity contribution in [1.29, 1.82) is 0 Å². The lowest BCUT2D eigenvalue weighted by Gasteiger charge is -2.45. The van der Waals surface area contributed by atoms with Gasteiger partial charge in [-0.05, 0) is 44.4 Å². The van der Waals surface area contributed by atoms with E-state index in [1.807, 2.05) is 0 Å². The molecule has 0 aromatic carbocycles. The normalized spacial score (nSPS) is 37.1. The SMILES string of the molecule is CC(=O)N[C@@H]1CCCC2C1CCC[C@H]2C(C)=O. The number of carbonyl (C=O) groups excluding carboxylic acids is 2. The summed E-state index contributed by atoms with van der Waals surface area (Å²) >= 11 is 0. The largest absolute Gasteiger partial charge is 0.353 e. The number of hydrogen-bond acceptors (Lipinski definition) is 2. The third kappa shape index (κ3) is 2.70. The number of Topliss-reactive ketones (excluding diaryl/α,β-unsaturated/α-hetero) is 1. The maximum Gasteiger partial charge on any atom is 0.217 e. The van der Waals surface area contributed by atoms with Crippen molar-refractivity contribution in [2.45, 2.75) is 58.4 Å². The molecule has 0 bridgehead atoms. The fraction of sp³-hybridized carbons (Fsp3) is 0.857. The lowest BCUT2D eigenvalue weighted by molar-refractivity contribution is -0.126. The monoisotopic (exact) mass is 237 g/mol. The number of ketones is 1. The lowest BCUT2D eigenvalue weighted by atomic mass is 9.62. The Kier molecular flexibility index (Phi) is 3.85. The third-order valence-corrected chi connectivity index (χ3v) is 4.60. The Bertz CT molecular complexity index is 313. The molecule has 4 atom stereocenters. The molecule has 0 saturated heterocycles. The van der Waals surface area contributed by atoms with Gasteiger partial charge in [0.05, 0.1) is 0 Å². The fourth-order valence-corrected chi connectivity index (χ4v) is 3.95. The van der Waals surface area contributed by atoms with Crippen LogP contribution < -0.4 is 5.32 Å². The second-order valence-electron chi connectivity index (χ2n) is 5.71. The summed E-state index contributed by atoms with van der Waals surface area (Å²) in [6, 6.07) is 0.313. The van der Waals surface area contributed by atoms with Gasteiger partial charge in [-0.1, -0.05) is 12.8 Å². The molecule has 0 radical (unpaired) electrons. The van der Waals surface area contributed by atoms with Crippen LogP contribution in [0.3, 0.4) is 0 Å². The van der Waals surface area contributed by atoms with Crippen LogP contribution in [0.25, 0.3) is 0 Å². The van der Waals surface area contributed by atoms with Gasteiger partial charge in [0.25, 0.3) is 0 Å². The molecule has 0 aromatic rings. The first-order valence-corrected chi connectivity index (χ1v) is 6.87. The zero-order chi connectivity index (χ0) is 12.4. The van der Waals surface area contributed by atoms with E-state index in [0.717, 1.165) is 25.7 Å². The smallest absolute Gasteiger partial charge is 0.217 e. The molecular weight excluding hydrogens is 214 g/mol. The topological polar surface area (TPSA) is 46.2 Å². The van der Waals surface area contributed by atoms with Gasteiger partial charge in [0.15, 0.2) is 0 Å². The van der Waals surface area contributed by atoms with E-state index in [4.69, 9.17) is 0 Å². The molecule has 3 heteroatoms. The molecule has 0 aliphatic heterocycles. The van der Waals surface area contributed by atoms with E-state index in [9.17, 15) is 9.59 Å². The Hall–Kier alpha value is -0.860. The summed E-state index contributed by atoms with van der Waals surface area (Å²) in [6.45, 7) is 3.32. The molecule has 2 saturated carbocycles. The van der Waals surface area contributed by atoms with Crippen molar-refractivity contribution in [1.82, 2.24) is 5.32 Å². The van der Waals surface area contributed by atoms with E-state index in [1.54, 1.807) is 13.8 Å². The molecular formula is C14H23NO2. The standard InChI is InChI=1S/C14H23NO2/c1-9(16)11-5-3-7-13-12(11)6-4-8-14(13)15-10(2)17/h11-14H,3-8H2,1-2H3,(H,15,17)/t11-,12?,13?,14+/m0/s1. The Balaban J connectivity index is 2.09. The van der Waals surface area contributed by atoms with Gasteiger partial charge in [-0.15, -0.1) is 0 Å². The van der Waals surface area contributed by atoms with E-state index >= 15 is 0 Å². The van der Waals surface area contributed by atoms with Crippen LogP contribution in [-0.4, -0.2) is 17.7 Å². The summed E-state index contributed by atoms with van der Waals surface area (Å²) in [4.78, 5) is 22.9. The molecule has 2 rings (SSSR count). The summed E-state index contributed by atoms with van der Waals surface area (Å²) in [6.07, 6.45) is 6.79. The van der Waals surface area contributed by atoms with Crippen LogP contribution in [0.2, 0.25) is 0 Å². The fourth-order valence-electron chi connectivity index (χ4n) is 3.95. The molecule has 2 fully saturated rings. The van der Waals surface area contributed by atoms with Crippen LogP contribution in [0.1, 0.15) is 52.4 Å². The van der Waals surface area contributed by atoms with Gasteiger partial charge < -0.3 is 5.32 Å². The molecule has 2 aliphatic rings. The molecule has 0 heterocycles. The highest BCUT2D eigenvalue weighted by Gasteiger charge is 2.41. The number of nitrogens with one attached hydrogen (secondary N) is 1. The maximum absolute atomic E-state index is 11.7. The minimum Gasteiger partial charge on any atom is -0.353 e. The first kappa shape index (κ1) is 12.6. The first-order chi connectivity index (χ1) is 8.09. The Morgan fingerprint density at radius 2 is 1.59 bits per heavy atom. The second kappa shape index (κ2) is 5.19. The Morgan fingerprint density at radius 1 is 0.941 bits per heavy atom. The molecule has 2 unspecified atom stereocenters. The van der Waals surface area contributed by atoms with Crippen LogP contribution in [0.15, 0.2) is 0 Å². The summed E-state index contributed by atoms with van der Waals surface area (Å²) in [5, 5.41) is 3.09. The second-order valence-corrected chi connectivity index (χ2v) is 5.71. The summed E-state index contributed by atoms with van der Waals surface area (Å²) in [7, 11) is 0. The van der Waals surface area contributed by atoms with Crippen molar-refractivity contribution in [3.8, 4) is 0 Å². The number of carbonyl (C=O) groups is 2. The third-order valence-electron chi connectivity index (χ3n) is 4.60. The predicted molar refractivity (Wildman–Crippen MR) is 66.5 cm³/mol. The van der Waals surface area contributed by atoms with Crippen LogP contribution in [-0.2, 0) is 9.59 Å². The Morgan fingerprint density at radius 3 is 2.24 bits per heavy atom. The molecule has 2 aliphatic carbocycles. The molecule has 17 heavy (non-hydrogen) atoms. The van der Waals surface area contributed by atoms with E-state index in [-0.39, 0.29) is 11.8 Å². The highest BCUT2D eigenvalue weighted by atomic mass is 16.1. The van der Waals surface area contributed by atoms with Crippen LogP contribution >= 0.6 is 0 Å². The number of hydrogen-bond donors (Lipinski definition) is 1. The lowest BCUT2D eigenvalue weighted by Crippen LogP contribution is -2.48. The average molecular weight is 237 g/mol. The minimum atomic E-state index is 0.0700. The van der Waals surface area contributed by atoms with Gasteiger partial charge in [-0.3, -0.25) is 9.59 Å². The van der Waals surface area contributed by atoms with E-state index < -0.39 is 0 Å². The number of amides is 1. The predicted octanol–water partition coefficient (Wildman–Crippen LogP) is 2.30. The van der Waals surface area contributed by atoms with Crippen molar-refractivity contribution >= 4 is 11.7 Å². The van der Waals surface area contributed by atoms with Crippen molar-refractivity contribution < 1.29 is 9.59 Å². The van der Waals surface area contributed by atoms with Crippen molar-refractivity contribution in [2.24, 2.45) is 17.8 Å². The summed E-state index contributed by atoms with van der Waals surface area (Å²) < 4.78 is 0. The molecule has 96 valence electrons. The van der Waals surface area contributed by atoms with Gasteiger partial charge in [0.1, 0.15) is 5.78 Å². The number of rotatable bonds is 2. The molecule has 0 aromatic heterocycles. The van der Waals surface area contributed by atoms with E-state index in [0.29, 0.717) is 23.7 Å². The van der Waals surface area contributed by atoms with Gasteiger partial charge in [-0.25, -0.2) is 0 Å². The zero-order valence-corrected chi connectivity index (χ0v) is 10.9. The molecule has 1 N–H and O–H groups in total. The average Bonchev–Trinajstić information content (AvgIpc) is 2.28. The van der Waals surface area contributed by atoms with E-state index in [2.05, 4.69) is 5.32 Å². The summed E-state index contributed by atoms with van der Waals surface area (Å²) in [5.74, 6) is 1.73. The van der Waals surface area contributed by atoms with Crippen LogP contribution in [0.4, 0.5) is 0 Å². The van der Waals surface area contributed by atoms with Gasteiger partial charge in [-0.2, -0.15) is 0 Å². The van der Waals surface area contributed by atoms with Crippen molar-refractivity contribution in [3.05, 3.63) is 0 Å². The van der Waals surface area contributed by atoms with Crippen molar-refractivity contribution in [2.75, 3.05) is 0 Å². The maximum atomic E-state index is 11.7. The highest BCUT2D eigenvalue weighted by Crippen LogP contribution is 2.44. The highest BCUT2D eigenvalue weighted by molar-refractivity contribution is 5.78. The minimum absolute atomic E-state index is 0.0700. The Labute approximate surface area is 103 Å². The molecule has 0 spiro atoms. The van der Waals surface area contributed by atoms with Gasteiger partial charge in [0.2, 0.25) is 5.91 Å². The molecule has 1 amide bonds. The summed E-state index contributed by atoms with van der Waals surface area (Å²) in [5.41, 5.74) is 0. The molecule has 3 nitrogen and oxygen atoms in total. The number of fused-ring (bicyclic) bond motifs is 1.